The highest BCUT2D eigenvalue weighted by atomic mass is 16.3. The second kappa shape index (κ2) is 5.52. The van der Waals surface area contributed by atoms with Gasteiger partial charge in [-0.05, 0) is 32.3 Å². The molecule has 0 spiro atoms. The van der Waals surface area contributed by atoms with Gasteiger partial charge in [-0.3, -0.25) is 0 Å². The van der Waals surface area contributed by atoms with Gasteiger partial charge in [0.2, 0.25) is 5.95 Å². The summed E-state index contributed by atoms with van der Waals surface area (Å²) in [6.07, 6.45) is 4.65. The van der Waals surface area contributed by atoms with Crippen LogP contribution in [0.25, 0.3) is 0 Å². The molecule has 0 aliphatic carbocycles. The highest BCUT2D eigenvalue weighted by molar-refractivity contribution is 5.45. The van der Waals surface area contributed by atoms with Crippen molar-refractivity contribution in [3.8, 4) is 0 Å². The van der Waals surface area contributed by atoms with E-state index < -0.39 is 0 Å². The van der Waals surface area contributed by atoms with Crippen molar-refractivity contribution in [2.75, 3.05) is 30.4 Å². The smallest absolute Gasteiger partial charge is 0.226 e. The van der Waals surface area contributed by atoms with Crippen molar-refractivity contribution >= 4 is 11.8 Å². The summed E-state index contributed by atoms with van der Waals surface area (Å²) in [5.41, 5.74) is 0. The Morgan fingerprint density at radius 3 is 3.00 bits per heavy atom. The summed E-state index contributed by atoms with van der Waals surface area (Å²) >= 11 is 0. The third-order valence-electron chi connectivity index (χ3n) is 3.31. The molecule has 2 rings (SSSR count). The van der Waals surface area contributed by atoms with Crippen LogP contribution in [0.3, 0.4) is 0 Å². The van der Waals surface area contributed by atoms with Crippen LogP contribution in [0, 0.1) is 0 Å². The Hall–Kier alpha value is -1.36. The zero-order chi connectivity index (χ0) is 13.1. The molecular weight excluding hydrogens is 228 g/mol. The minimum Gasteiger partial charge on any atom is -0.393 e. The molecule has 1 saturated heterocycles. The van der Waals surface area contributed by atoms with E-state index in [9.17, 15) is 5.11 Å². The van der Waals surface area contributed by atoms with Gasteiger partial charge in [-0.1, -0.05) is 0 Å². The van der Waals surface area contributed by atoms with Crippen LogP contribution in [0.1, 0.15) is 26.2 Å². The molecule has 1 fully saturated rings. The standard InChI is InChI=1S/C13H22N4O/c1-10(18)9-11-5-4-8-17(11)12-6-7-14-13(15-12)16(2)3/h6-7,10-11,18H,4-5,8-9H2,1-3H3. The second-order valence-electron chi connectivity index (χ2n) is 5.18. The number of rotatable bonds is 4. The van der Waals surface area contributed by atoms with Gasteiger partial charge in [0.25, 0.3) is 0 Å². The van der Waals surface area contributed by atoms with E-state index in [-0.39, 0.29) is 6.10 Å². The number of aliphatic hydroxyl groups is 1. The Morgan fingerprint density at radius 1 is 1.56 bits per heavy atom. The number of aliphatic hydroxyl groups excluding tert-OH is 1. The van der Waals surface area contributed by atoms with Gasteiger partial charge < -0.3 is 14.9 Å². The molecule has 0 saturated carbocycles. The third kappa shape index (κ3) is 2.90. The normalized spacial score (nSPS) is 21.1. The van der Waals surface area contributed by atoms with Crippen molar-refractivity contribution in [1.29, 1.82) is 0 Å². The lowest BCUT2D eigenvalue weighted by Gasteiger charge is -2.27. The summed E-state index contributed by atoms with van der Waals surface area (Å²) in [5.74, 6) is 1.70. The maximum absolute atomic E-state index is 9.55. The van der Waals surface area contributed by atoms with Crippen LogP contribution in [-0.4, -0.2) is 47.9 Å². The highest BCUT2D eigenvalue weighted by Gasteiger charge is 2.26. The number of nitrogens with zero attached hydrogens (tertiary/aromatic N) is 4. The summed E-state index contributed by atoms with van der Waals surface area (Å²) in [7, 11) is 3.88. The van der Waals surface area contributed by atoms with Crippen LogP contribution < -0.4 is 9.80 Å². The van der Waals surface area contributed by atoms with E-state index in [0.29, 0.717) is 6.04 Å². The molecule has 1 aromatic heterocycles. The van der Waals surface area contributed by atoms with E-state index in [2.05, 4.69) is 14.9 Å². The van der Waals surface area contributed by atoms with Crippen molar-refractivity contribution in [2.45, 2.75) is 38.3 Å². The Kier molecular flexibility index (Phi) is 4.01. The van der Waals surface area contributed by atoms with Crippen molar-refractivity contribution < 1.29 is 5.11 Å². The monoisotopic (exact) mass is 250 g/mol. The SMILES string of the molecule is CC(O)CC1CCCN1c1ccnc(N(C)C)n1. The fraction of sp³-hybridized carbons (Fsp3) is 0.692. The van der Waals surface area contributed by atoms with Gasteiger partial charge in [0, 0.05) is 32.9 Å². The first-order valence-corrected chi connectivity index (χ1v) is 6.53. The predicted molar refractivity (Wildman–Crippen MR) is 73.0 cm³/mol. The molecule has 2 heterocycles. The van der Waals surface area contributed by atoms with E-state index in [1.54, 1.807) is 6.20 Å². The maximum Gasteiger partial charge on any atom is 0.226 e. The minimum absolute atomic E-state index is 0.259. The lowest BCUT2D eigenvalue weighted by atomic mass is 10.1. The number of hydrogen-bond donors (Lipinski definition) is 1. The van der Waals surface area contributed by atoms with Crippen molar-refractivity contribution in [3.63, 3.8) is 0 Å². The summed E-state index contributed by atoms with van der Waals surface area (Å²) in [6.45, 7) is 2.86. The van der Waals surface area contributed by atoms with E-state index in [1.165, 1.54) is 6.42 Å². The molecule has 5 nitrogen and oxygen atoms in total. The van der Waals surface area contributed by atoms with Crippen LogP contribution in [0.15, 0.2) is 12.3 Å². The summed E-state index contributed by atoms with van der Waals surface area (Å²) in [5, 5.41) is 9.55. The fourth-order valence-electron chi connectivity index (χ4n) is 2.49. The molecule has 1 aromatic rings. The van der Waals surface area contributed by atoms with Crippen molar-refractivity contribution in [3.05, 3.63) is 12.3 Å². The van der Waals surface area contributed by atoms with E-state index in [4.69, 9.17) is 0 Å². The second-order valence-corrected chi connectivity index (χ2v) is 5.18. The molecule has 0 aromatic carbocycles. The van der Waals surface area contributed by atoms with Crippen LogP contribution in [-0.2, 0) is 0 Å². The molecule has 5 heteroatoms. The largest absolute Gasteiger partial charge is 0.393 e. The first-order valence-electron chi connectivity index (χ1n) is 6.53. The molecule has 1 aliphatic rings. The molecule has 1 aliphatic heterocycles. The molecular formula is C13H22N4O. The van der Waals surface area contributed by atoms with Crippen LogP contribution >= 0.6 is 0 Å². The average molecular weight is 250 g/mol. The Balaban J connectivity index is 2.16. The molecule has 2 atom stereocenters. The van der Waals surface area contributed by atoms with E-state index >= 15 is 0 Å². The topological polar surface area (TPSA) is 52.5 Å². The third-order valence-corrected chi connectivity index (χ3v) is 3.31. The zero-order valence-electron chi connectivity index (χ0n) is 11.4. The predicted octanol–water partition coefficient (Wildman–Crippen LogP) is 1.28. The first-order chi connectivity index (χ1) is 8.58. The molecule has 0 bridgehead atoms. The fourth-order valence-corrected chi connectivity index (χ4v) is 2.49. The minimum atomic E-state index is -0.259. The molecule has 2 unspecified atom stereocenters. The van der Waals surface area contributed by atoms with E-state index in [1.807, 2.05) is 32.0 Å². The first kappa shape index (κ1) is 13.1. The lowest BCUT2D eigenvalue weighted by molar-refractivity contribution is 0.175. The van der Waals surface area contributed by atoms with Gasteiger partial charge in [0.1, 0.15) is 5.82 Å². The summed E-state index contributed by atoms with van der Waals surface area (Å²) in [6, 6.07) is 2.35. The molecule has 100 valence electrons. The zero-order valence-corrected chi connectivity index (χ0v) is 11.4. The quantitative estimate of drug-likeness (QED) is 0.872. The summed E-state index contributed by atoms with van der Waals surface area (Å²) in [4.78, 5) is 13.0. The van der Waals surface area contributed by atoms with Crippen LogP contribution in [0.4, 0.5) is 11.8 Å². The molecule has 18 heavy (non-hydrogen) atoms. The Bertz CT molecular complexity index is 394. The van der Waals surface area contributed by atoms with Crippen molar-refractivity contribution in [1.82, 2.24) is 9.97 Å². The number of hydrogen-bond acceptors (Lipinski definition) is 5. The van der Waals surface area contributed by atoms with Crippen LogP contribution in [0.2, 0.25) is 0 Å². The van der Waals surface area contributed by atoms with Gasteiger partial charge >= 0.3 is 0 Å². The van der Waals surface area contributed by atoms with Crippen LogP contribution in [0.5, 0.6) is 0 Å². The van der Waals surface area contributed by atoms with Gasteiger partial charge in [0.05, 0.1) is 6.10 Å². The number of anilines is 2. The van der Waals surface area contributed by atoms with Gasteiger partial charge in [-0.2, -0.15) is 4.98 Å². The molecule has 0 radical (unpaired) electrons. The highest BCUT2D eigenvalue weighted by Crippen LogP contribution is 2.27. The number of aromatic nitrogens is 2. The van der Waals surface area contributed by atoms with Gasteiger partial charge in [-0.15, -0.1) is 0 Å². The maximum atomic E-state index is 9.55. The lowest BCUT2D eigenvalue weighted by Crippen LogP contribution is -2.32. The van der Waals surface area contributed by atoms with E-state index in [0.717, 1.165) is 31.2 Å². The molecule has 1 N–H and O–H groups in total. The Labute approximate surface area is 108 Å². The Morgan fingerprint density at radius 2 is 2.33 bits per heavy atom. The van der Waals surface area contributed by atoms with Gasteiger partial charge in [0.15, 0.2) is 0 Å². The summed E-state index contributed by atoms with van der Waals surface area (Å²) < 4.78 is 0. The van der Waals surface area contributed by atoms with Gasteiger partial charge in [-0.25, -0.2) is 4.98 Å². The molecule has 0 amide bonds. The van der Waals surface area contributed by atoms with Crippen molar-refractivity contribution in [2.24, 2.45) is 0 Å². The average Bonchev–Trinajstić information content (AvgIpc) is 2.76.